The average molecular weight is 352 g/mol. The first-order valence-corrected chi connectivity index (χ1v) is 7.90. The zero-order chi connectivity index (χ0) is 18.9. The van der Waals surface area contributed by atoms with Gasteiger partial charge in [0, 0.05) is 19.2 Å². The Morgan fingerprint density at radius 3 is 2.92 bits per heavy atom. The maximum atomic E-state index is 12.3. The molecule has 1 amide bonds. The number of methoxy groups -OCH3 is 1. The number of hydrogen-bond donors (Lipinski definition) is 3. The summed E-state index contributed by atoms with van der Waals surface area (Å²) in [6.45, 7) is 0.274. The second-order valence-corrected chi connectivity index (χ2v) is 5.21. The number of carbonyl (C=O) groups is 1. The van der Waals surface area contributed by atoms with Crippen molar-refractivity contribution in [1.82, 2.24) is 14.9 Å². The molecule has 26 heavy (non-hydrogen) atoms. The van der Waals surface area contributed by atoms with E-state index in [0.29, 0.717) is 23.1 Å². The third-order valence-corrected chi connectivity index (χ3v) is 3.45. The minimum absolute atomic E-state index is 0.0905. The van der Waals surface area contributed by atoms with Gasteiger partial charge >= 0.3 is 0 Å². The number of aliphatic hydroxyl groups is 1. The molecule has 0 atom stereocenters. The van der Waals surface area contributed by atoms with E-state index in [0.717, 1.165) is 5.56 Å². The van der Waals surface area contributed by atoms with Crippen LogP contribution in [-0.4, -0.2) is 47.4 Å². The van der Waals surface area contributed by atoms with Crippen LogP contribution in [0.3, 0.4) is 0 Å². The van der Waals surface area contributed by atoms with E-state index in [1.807, 2.05) is 18.2 Å². The van der Waals surface area contributed by atoms with E-state index in [9.17, 15) is 4.79 Å². The van der Waals surface area contributed by atoms with Crippen molar-refractivity contribution in [2.24, 2.45) is 7.05 Å². The number of amides is 1. The van der Waals surface area contributed by atoms with Gasteiger partial charge in [-0.2, -0.15) is 0 Å². The molecular weight excluding hydrogens is 332 g/mol. The Kier molecular flexibility index (Phi) is 6.67. The summed E-state index contributed by atoms with van der Waals surface area (Å²) in [7, 11) is 3.28. The number of nitrogens with one attached hydrogen (secondary N) is 2. The summed E-state index contributed by atoms with van der Waals surface area (Å²) in [6.07, 6.45) is 5.18. The third kappa shape index (κ3) is 4.56. The highest BCUT2D eigenvalue weighted by Crippen LogP contribution is 2.16. The number of aliphatic hydroxyl groups excluding tert-OH is 1. The van der Waals surface area contributed by atoms with Crippen LogP contribution in [0.4, 0.5) is 5.82 Å². The standard InChI is InChI=1S/C19H20N4O3/c1-4-10-21-19(25)17-18(20-11-12-24)22-16(23(17)2)9-8-14-6-5-7-15(13-14)26-3/h1,5-7,13,20,24H,10-12H2,2-3H3,(H,21,25). The molecule has 1 aromatic carbocycles. The maximum absolute atomic E-state index is 12.3. The Morgan fingerprint density at radius 1 is 1.42 bits per heavy atom. The summed E-state index contributed by atoms with van der Waals surface area (Å²) >= 11 is 0. The molecule has 0 unspecified atom stereocenters. The summed E-state index contributed by atoms with van der Waals surface area (Å²) in [4.78, 5) is 16.7. The number of terminal acetylenes is 1. The van der Waals surface area contributed by atoms with Gasteiger partial charge in [-0.25, -0.2) is 4.98 Å². The van der Waals surface area contributed by atoms with E-state index < -0.39 is 0 Å². The molecule has 0 saturated carbocycles. The van der Waals surface area contributed by atoms with Crippen LogP contribution < -0.4 is 15.4 Å². The normalized spacial score (nSPS) is 9.62. The molecule has 0 radical (unpaired) electrons. The number of carbonyl (C=O) groups excluding carboxylic acids is 1. The number of benzene rings is 1. The minimum atomic E-state index is -0.368. The van der Waals surface area contributed by atoms with Crippen LogP contribution in [0.25, 0.3) is 0 Å². The summed E-state index contributed by atoms with van der Waals surface area (Å²) in [5.41, 5.74) is 1.05. The first kappa shape index (κ1) is 18.9. The van der Waals surface area contributed by atoms with E-state index in [1.165, 1.54) is 0 Å². The Morgan fingerprint density at radius 2 is 2.23 bits per heavy atom. The third-order valence-electron chi connectivity index (χ3n) is 3.45. The highest BCUT2D eigenvalue weighted by Gasteiger charge is 2.19. The Bertz CT molecular complexity index is 884. The lowest BCUT2D eigenvalue weighted by Gasteiger charge is -2.06. The fourth-order valence-electron chi connectivity index (χ4n) is 2.21. The van der Waals surface area contributed by atoms with E-state index in [-0.39, 0.29) is 25.6 Å². The molecule has 0 aliphatic carbocycles. The van der Waals surface area contributed by atoms with Gasteiger partial charge in [0.2, 0.25) is 0 Å². The smallest absolute Gasteiger partial charge is 0.272 e. The van der Waals surface area contributed by atoms with E-state index in [4.69, 9.17) is 16.3 Å². The molecule has 0 aliphatic heterocycles. The van der Waals surface area contributed by atoms with Gasteiger partial charge in [0.1, 0.15) is 5.75 Å². The quantitative estimate of drug-likeness (QED) is 0.663. The van der Waals surface area contributed by atoms with Crippen LogP contribution >= 0.6 is 0 Å². The van der Waals surface area contributed by atoms with Crippen molar-refractivity contribution in [2.75, 3.05) is 32.1 Å². The Hall–Kier alpha value is -3.42. The van der Waals surface area contributed by atoms with E-state index >= 15 is 0 Å². The molecule has 134 valence electrons. The van der Waals surface area contributed by atoms with Gasteiger partial charge in [0.25, 0.3) is 5.91 Å². The topological polar surface area (TPSA) is 88.4 Å². The molecule has 2 aromatic rings. The van der Waals surface area contributed by atoms with Crippen molar-refractivity contribution in [1.29, 1.82) is 0 Å². The maximum Gasteiger partial charge on any atom is 0.272 e. The second kappa shape index (κ2) is 9.16. The predicted molar refractivity (Wildman–Crippen MR) is 98.9 cm³/mol. The van der Waals surface area contributed by atoms with Crippen LogP contribution in [0, 0.1) is 24.2 Å². The first-order chi connectivity index (χ1) is 12.6. The fourth-order valence-corrected chi connectivity index (χ4v) is 2.21. The van der Waals surface area contributed by atoms with E-state index in [1.54, 1.807) is 24.8 Å². The Labute approximate surface area is 152 Å². The fraction of sp³-hybridized carbons (Fsp3) is 0.263. The van der Waals surface area contributed by atoms with Gasteiger partial charge in [-0.3, -0.25) is 4.79 Å². The second-order valence-electron chi connectivity index (χ2n) is 5.21. The van der Waals surface area contributed by atoms with Crippen molar-refractivity contribution >= 4 is 11.7 Å². The largest absolute Gasteiger partial charge is 0.497 e. The van der Waals surface area contributed by atoms with Gasteiger partial charge in [-0.1, -0.05) is 17.9 Å². The molecule has 0 aliphatic rings. The molecule has 1 aromatic heterocycles. The van der Waals surface area contributed by atoms with Crippen molar-refractivity contribution < 1.29 is 14.6 Å². The zero-order valence-corrected chi connectivity index (χ0v) is 14.7. The average Bonchev–Trinajstić information content (AvgIpc) is 2.98. The summed E-state index contributed by atoms with van der Waals surface area (Å²) in [6, 6.07) is 7.33. The van der Waals surface area contributed by atoms with Crippen LogP contribution in [0.5, 0.6) is 5.75 Å². The number of anilines is 1. The predicted octanol–water partition coefficient (Wildman–Crippen LogP) is 0.596. The van der Waals surface area contributed by atoms with Crippen molar-refractivity contribution in [2.45, 2.75) is 0 Å². The first-order valence-electron chi connectivity index (χ1n) is 7.90. The number of aromatic nitrogens is 2. The SMILES string of the molecule is C#CCNC(=O)c1c(NCCO)nc(C#Cc2cccc(OC)c2)n1C. The van der Waals surface area contributed by atoms with Crippen LogP contribution in [0.15, 0.2) is 24.3 Å². The van der Waals surface area contributed by atoms with Crippen LogP contribution in [0.2, 0.25) is 0 Å². The van der Waals surface area contributed by atoms with Crippen molar-refractivity contribution in [3.05, 3.63) is 41.3 Å². The highest BCUT2D eigenvalue weighted by atomic mass is 16.5. The number of imidazole rings is 1. The van der Waals surface area contributed by atoms with Crippen LogP contribution in [-0.2, 0) is 7.05 Å². The number of hydrogen-bond acceptors (Lipinski definition) is 5. The summed E-state index contributed by atoms with van der Waals surface area (Å²) < 4.78 is 6.76. The molecule has 0 spiro atoms. The molecule has 7 nitrogen and oxygen atoms in total. The van der Waals surface area contributed by atoms with Gasteiger partial charge in [-0.05, 0) is 24.1 Å². The number of ether oxygens (including phenoxy) is 1. The lowest BCUT2D eigenvalue weighted by Crippen LogP contribution is -2.27. The summed E-state index contributed by atoms with van der Waals surface area (Å²) in [5.74, 6) is 9.38. The lowest BCUT2D eigenvalue weighted by molar-refractivity contribution is 0.0951. The zero-order valence-electron chi connectivity index (χ0n) is 14.7. The Balaban J connectivity index is 2.37. The molecule has 3 N–H and O–H groups in total. The monoisotopic (exact) mass is 352 g/mol. The molecule has 2 rings (SSSR count). The molecular formula is C19H20N4O3. The molecule has 0 saturated heterocycles. The van der Waals surface area contributed by atoms with Gasteiger partial charge in [-0.15, -0.1) is 6.42 Å². The van der Waals surface area contributed by atoms with Gasteiger partial charge < -0.3 is 25.0 Å². The lowest BCUT2D eigenvalue weighted by atomic mass is 10.2. The highest BCUT2D eigenvalue weighted by molar-refractivity contribution is 5.97. The molecule has 0 fully saturated rings. The number of nitrogens with zero attached hydrogens (tertiary/aromatic N) is 2. The summed E-state index contributed by atoms with van der Waals surface area (Å²) in [5, 5.41) is 14.5. The minimum Gasteiger partial charge on any atom is -0.497 e. The van der Waals surface area contributed by atoms with E-state index in [2.05, 4.69) is 33.4 Å². The molecule has 0 bridgehead atoms. The molecule has 1 heterocycles. The van der Waals surface area contributed by atoms with Crippen molar-refractivity contribution in [3.8, 4) is 29.9 Å². The number of rotatable bonds is 6. The van der Waals surface area contributed by atoms with Gasteiger partial charge in [0.15, 0.2) is 17.3 Å². The van der Waals surface area contributed by atoms with Gasteiger partial charge in [0.05, 0.1) is 20.3 Å². The molecule has 7 heteroatoms. The van der Waals surface area contributed by atoms with Crippen molar-refractivity contribution in [3.63, 3.8) is 0 Å². The van der Waals surface area contributed by atoms with Crippen LogP contribution in [0.1, 0.15) is 21.9 Å².